The van der Waals surface area contributed by atoms with Crippen LogP contribution in [-0.2, 0) is 9.53 Å². The highest BCUT2D eigenvalue weighted by Crippen LogP contribution is 2.17. The fraction of sp³-hybridized carbons (Fsp3) is 0.917. The molecule has 1 heterocycles. The van der Waals surface area contributed by atoms with Gasteiger partial charge in [0.05, 0.1) is 6.10 Å². The minimum absolute atomic E-state index is 0.0726. The van der Waals surface area contributed by atoms with Crippen LogP contribution in [0.15, 0.2) is 0 Å². The second kappa shape index (κ2) is 7.63. The number of amides is 1. The molecule has 1 unspecified atom stereocenters. The largest absolute Gasteiger partial charge is 0.377 e. The van der Waals surface area contributed by atoms with Gasteiger partial charge in [-0.05, 0) is 39.3 Å². The quantitative estimate of drug-likeness (QED) is 0.656. The number of hydrogen-bond donors (Lipinski definition) is 2. The highest BCUT2D eigenvalue weighted by molar-refractivity contribution is 5.76. The zero-order chi connectivity index (χ0) is 12.7. The fourth-order valence-electron chi connectivity index (χ4n) is 2.27. The molecule has 1 saturated heterocycles. The molecule has 4 N–H and O–H groups in total. The summed E-state index contributed by atoms with van der Waals surface area (Å²) in [6.45, 7) is 6.18. The van der Waals surface area contributed by atoms with Crippen LogP contribution in [0.5, 0.6) is 0 Å². The zero-order valence-corrected chi connectivity index (χ0v) is 10.7. The van der Waals surface area contributed by atoms with Crippen LogP contribution in [0, 0.1) is 5.92 Å². The van der Waals surface area contributed by atoms with Crippen LogP contribution in [0.2, 0.25) is 0 Å². The summed E-state index contributed by atoms with van der Waals surface area (Å²) in [5.74, 6) is -0.0813. The average molecular weight is 243 g/mol. The highest BCUT2D eigenvalue weighted by atomic mass is 16.5. The Morgan fingerprint density at radius 3 is 2.59 bits per heavy atom. The summed E-state index contributed by atoms with van der Waals surface area (Å²) in [5, 5.41) is 0. The maximum Gasteiger partial charge on any atom is 0.220 e. The first-order valence-electron chi connectivity index (χ1n) is 6.50. The van der Waals surface area contributed by atoms with Crippen LogP contribution in [0.25, 0.3) is 0 Å². The van der Waals surface area contributed by atoms with Gasteiger partial charge in [-0.2, -0.15) is 0 Å². The van der Waals surface area contributed by atoms with Gasteiger partial charge in [0, 0.05) is 25.6 Å². The molecule has 1 amide bonds. The van der Waals surface area contributed by atoms with E-state index >= 15 is 0 Å². The van der Waals surface area contributed by atoms with Crippen molar-refractivity contribution in [1.29, 1.82) is 0 Å². The molecule has 5 heteroatoms. The van der Waals surface area contributed by atoms with E-state index in [1.54, 1.807) is 0 Å². The standard InChI is InChI=1S/C12H25N3O2/c1-2-17-11(9-13)5-8-15-6-3-10(4-7-15)12(14)16/h10-11H,2-9,13H2,1H3,(H2,14,16). The van der Waals surface area contributed by atoms with Crippen LogP contribution in [0.4, 0.5) is 0 Å². The number of nitrogens with two attached hydrogens (primary N) is 2. The second-order valence-electron chi connectivity index (χ2n) is 4.62. The van der Waals surface area contributed by atoms with E-state index in [4.69, 9.17) is 16.2 Å². The molecule has 0 aromatic heterocycles. The molecule has 0 aliphatic carbocycles. The second-order valence-corrected chi connectivity index (χ2v) is 4.62. The van der Waals surface area contributed by atoms with Gasteiger partial charge in [0.25, 0.3) is 0 Å². The van der Waals surface area contributed by atoms with Crippen molar-refractivity contribution >= 4 is 5.91 Å². The topological polar surface area (TPSA) is 81.6 Å². The Kier molecular flexibility index (Phi) is 6.47. The van der Waals surface area contributed by atoms with E-state index in [2.05, 4.69) is 4.90 Å². The predicted molar refractivity (Wildman–Crippen MR) is 67.4 cm³/mol. The van der Waals surface area contributed by atoms with E-state index < -0.39 is 0 Å². The van der Waals surface area contributed by atoms with Gasteiger partial charge in [0.1, 0.15) is 0 Å². The minimum Gasteiger partial charge on any atom is -0.377 e. The Morgan fingerprint density at radius 1 is 1.47 bits per heavy atom. The van der Waals surface area contributed by atoms with Crippen molar-refractivity contribution in [2.45, 2.75) is 32.3 Å². The molecule has 0 spiro atoms. The van der Waals surface area contributed by atoms with Crippen LogP contribution in [0.1, 0.15) is 26.2 Å². The molecular formula is C12H25N3O2. The smallest absolute Gasteiger partial charge is 0.220 e. The Morgan fingerprint density at radius 2 is 2.12 bits per heavy atom. The summed E-state index contributed by atoms with van der Waals surface area (Å²) in [6, 6.07) is 0. The molecule has 0 aromatic carbocycles. The lowest BCUT2D eigenvalue weighted by atomic mass is 9.96. The van der Waals surface area contributed by atoms with Crippen molar-refractivity contribution < 1.29 is 9.53 Å². The average Bonchev–Trinajstić information content (AvgIpc) is 2.35. The number of carbonyl (C=O) groups excluding carboxylic acids is 1. The molecule has 17 heavy (non-hydrogen) atoms. The van der Waals surface area contributed by atoms with Gasteiger partial charge in [-0.3, -0.25) is 4.79 Å². The van der Waals surface area contributed by atoms with Gasteiger partial charge in [0.15, 0.2) is 0 Å². The van der Waals surface area contributed by atoms with Crippen LogP contribution >= 0.6 is 0 Å². The molecule has 5 nitrogen and oxygen atoms in total. The summed E-state index contributed by atoms with van der Waals surface area (Å²) in [6.07, 6.45) is 2.90. The SMILES string of the molecule is CCOC(CN)CCN1CCC(C(N)=O)CC1. The molecule has 1 fully saturated rings. The summed E-state index contributed by atoms with van der Waals surface area (Å²) >= 11 is 0. The molecule has 0 bridgehead atoms. The van der Waals surface area contributed by atoms with Crippen molar-refractivity contribution in [3.8, 4) is 0 Å². The molecule has 100 valence electrons. The highest BCUT2D eigenvalue weighted by Gasteiger charge is 2.23. The van der Waals surface area contributed by atoms with E-state index in [0.717, 1.165) is 38.9 Å². The van der Waals surface area contributed by atoms with E-state index in [1.807, 2.05) is 6.92 Å². The van der Waals surface area contributed by atoms with Crippen molar-refractivity contribution in [1.82, 2.24) is 4.90 Å². The number of hydrogen-bond acceptors (Lipinski definition) is 4. The van der Waals surface area contributed by atoms with Gasteiger partial charge < -0.3 is 21.1 Å². The first-order valence-corrected chi connectivity index (χ1v) is 6.50. The molecule has 1 aliphatic heterocycles. The molecule has 1 aliphatic rings. The van der Waals surface area contributed by atoms with Crippen molar-refractivity contribution in [3.05, 3.63) is 0 Å². The van der Waals surface area contributed by atoms with Crippen LogP contribution < -0.4 is 11.5 Å². The van der Waals surface area contributed by atoms with Gasteiger partial charge in [-0.1, -0.05) is 0 Å². The Hall–Kier alpha value is -0.650. The minimum atomic E-state index is -0.154. The van der Waals surface area contributed by atoms with Gasteiger partial charge in [-0.25, -0.2) is 0 Å². The third-order valence-electron chi connectivity index (χ3n) is 3.42. The number of carbonyl (C=O) groups is 1. The molecular weight excluding hydrogens is 218 g/mol. The summed E-state index contributed by atoms with van der Waals surface area (Å²) in [7, 11) is 0. The predicted octanol–water partition coefficient (Wildman–Crippen LogP) is -0.0624. The third kappa shape index (κ3) is 5.02. The first-order chi connectivity index (χ1) is 8.17. The fourth-order valence-corrected chi connectivity index (χ4v) is 2.27. The maximum atomic E-state index is 11.0. The number of rotatable bonds is 7. The Balaban J connectivity index is 2.19. The number of ether oxygens (including phenoxy) is 1. The molecule has 0 saturated carbocycles. The molecule has 1 rings (SSSR count). The number of piperidine rings is 1. The van der Waals surface area contributed by atoms with Gasteiger partial charge in [0.2, 0.25) is 5.91 Å². The molecule has 0 aromatic rings. The lowest BCUT2D eigenvalue weighted by Gasteiger charge is -2.31. The van der Waals surface area contributed by atoms with Gasteiger partial charge in [-0.15, -0.1) is 0 Å². The summed E-state index contributed by atoms with van der Waals surface area (Å²) in [4.78, 5) is 13.4. The van der Waals surface area contributed by atoms with E-state index in [9.17, 15) is 4.79 Å². The normalized spacial score (nSPS) is 20.4. The summed E-state index contributed by atoms with van der Waals surface area (Å²) in [5.41, 5.74) is 10.9. The molecule has 1 atom stereocenters. The number of nitrogens with zero attached hydrogens (tertiary/aromatic N) is 1. The lowest BCUT2D eigenvalue weighted by molar-refractivity contribution is -0.123. The Labute approximate surface area is 103 Å². The lowest BCUT2D eigenvalue weighted by Crippen LogP contribution is -2.40. The van der Waals surface area contributed by atoms with Crippen molar-refractivity contribution in [2.75, 3.05) is 32.8 Å². The van der Waals surface area contributed by atoms with E-state index in [-0.39, 0.29) is 17.9 Å². The number of primary amides is 1. The van der Waals surface area contributed by atoms with E-state index in [0.29, 0.717) is 13.2 Å². The molecule has 0 radical (unpaired) electrons. The number of likely N-dealkylation sites (tertiary alicyclic amines) is 1. The van der Waals surface area contributed by atoms with Crippen LogP contribution in [-0.4, -0.2) is 49.7 Å². The first kappa shape index (κ1) is 14.4. The Bertz CT molecular complexity index is 228. The van der Waals surface area contributed by atoms with E-state index in [1.165, 1.54) is 0 Å². The monoisotopic (exact) mass is 243 g/mol. The van der Waals surface area contributed by atoms with Crippen molar-refractivity contribution in [2.24, 2.45) is 17.4 Å². The van der Waals surface area contributed by atoms with Crippen molar-refractivity contribution in [3.63, 3.8) is 0 Å². The van der Waals surface area contributed by atoms with Gasteiger partial charge >= 0.3 is 0 Å². The maximum absolute atomic E-state index is 11.0. The third-order valence-corrected chi connectivity index (χ3v) is 3.42. The summed E-state index contributed by atoms with van der Waals surface area (Å²) < 4.78 is 5.52. The van der Waals surface area contributed by atoms with Crippen LogP contribution in [0.3, 0.4) is 0 Å². The zero-order valence-electron chi connectivity index (χ0n) is 10.7.